The van der Waals surface area contributed by atoms with E-state index in [9.17, 15) is 0 Å². The summed E-state index contributed by atoms with van der Waals surface area (Å²) in [5.41, 5.74) is 0. The van der Waals surface area contributed by atoms with Gasteiger partial charge in [0.25, 0.3) is 0 Å². The highest BCUT2D eigenvalue weighted by Crippen LogP contribution is 2.14. The van der Waals surface area contributed by atoms with E-state index in [1.165, 1.54) is 77.9 Å². The van der Waals surface area contributed by atoms with Crippen molar-refractivity contribution in [1.82, 2.24) is 15.1 Å². The van der Waals surface area contributed by atoms with Gasteiger partial charge in [-0.05, 0) is 77.8 Å². The van der Waals surface area contributed by atoms with E-state index in [4.69, 9.17) is 0 Å². The molecule has 0 aromatic carbocycles. The monoisotopic (exact) mass is 239 g/mol. The van der Waals surface area contributed by atoms with Crippen LogP contribution in [0, 0.1) is 5.92 Å². The first kappa shape index (κ1) is 13.3. The van der Waals surface area contributed by atoms with Crippen molar-refractivity contribution >= 4 is 0 Å². The van der Waals surface area contributed by atoms with Crippen molar-refractivity contribution in [2.45, 2.75) is 32.1 Å². The molecule has 2 fully saturated rings. The fraction of sp³-hybridized carbons (Fsp3) is 1.00. The van der Waals surface area contributed by atoms with E-state index < -0.39 is 0 Å². The minimum Gasteiger partial charge on any atom is -0.316 e. The summed E-state index contributed by atoms with van der Waals surface area (Å²) in [6.07, 6.45) is 7.03. The van der Waals surface area contributed by atoms with E-state index in [0.717, 1.165) is 5.92 Å². The van der Waals surface area contributed by atoms with Gasteiger partial charge in [-0.15, -0.1) is 0 Å². The lowest BCUT2D eigenvalue weighted by atomic mass is 10.0. The lowest BCUT2D eigenvalue weighted by Crippen LogP contribution is -2.32. The second-order valence-electron chi connectivity index (χ2n) is 5.85. The van der Waals surface area contributed by atoms with Crippen molar-refractivity contribution in [3.8, 4) is 0 Å². The van der Waals surface area contributed by atoms with Crippen molar-refractivity contribution < 1.29 is 0 Å². The first-order valence-corrected chi connectivity index (χ1v) is 7.46. The molecule has 1 atom stereocenters. The van der Waals surface area contributed by atoms with Gasteiger partial charge in [0.2, 0.25) is 0 Å². The third-order valence-corrected chi connectivity index (χ3v) is 4.31. The van der Waals surface area contributed by atoms with Gasteiger partial charge in [-0.3, -0.25) is 0 Å². The van der Waals surface area contributed by atoms with E-state index in [2.05, 4.69) is 22.2 Å². The van der Waals surface area contributed by atoms with Gasteiger partial charge >= 0.3 is 0 Å². The predicted molar refractivity (Wildman–Crippen MR) is 73.4 cm³/mol. The van der Waals surface area contributed by atoms with E-state index in [0.29, 0.717) is 0 Å². The average Bonchev–Trinajstić information content (AvgIpc) is 2.99. The molecule has 0 amide bonds. The Bertz CT molecular complexity index is 196. The second-order valence-corrected chi connectivity index (χ2v) is 5.85. The van der Waals surface area contributed by atoms with Crippen LogP contribution >= 0.6 is 0 Å². The Morgan fingerprint density at radius 1 is 1.24 bits per heavy atom. The van der Waals surface area contributed by atoms with Crippen molar-refractivity contribution in [2.75, 3.05) is 52.9 Å². The van der Waals surface area contributed by atoms with Gasteiger partial charge in [0, 0.05) is 13.1 Å². The van der Waals surface area contributed by atoms with Crippen LogP contribution in [-0.4, -0.2) is 62.7 Å². The van der Waals surface area contributed by atoms with Gasteiger partial charge < -0.3 is 15.1 Å². The van der Waals surface area contributed by atoms with Crippen LogP contribution in [0.5, 0.6) is 0 Å². The van der Waals surface area contributed by atoms with Crippen LogP contribution in [0.15, 0.2) is 0 Å². The van der Waals surface area contributed by atoms with Crippen LogP contribution in [0.25, 0.3) is 0 Å². The number of rotatable bonds is 7. The number of hydrogen-bond donors (Lipinski definition) is 1. The van der Waals surface area contributed by atoms with Crippen molar-refractivity contribution in [1.29, 1.82) is 0 Å². The summed E-state index contributed by atoms with van der Waals surface area (Å²) in [6.45, 7) is 8.99. The smallest absolute Gasteiger partial charge is 0.0109 e. The minimum atomic E-state index is 0.960. The number of hydrogen-bond acceptors (Lipinski definition) is 3. The first-order valence-electron chi connectivity index (χ1n) is 7.46. The van der Waals surface area contributed by atoms with Gasteiger partial charge in [-0.2, -0.15) is 0 Å². The summed E-state index contributed by atoms with van der Waals surface area (Å²) in [6, 6.07) is 0. The van der Waals surface area contributed by atoms with Gasteiger partial charge in [0.15, 0.2) is 0 Å². The Morgan fingerprint density at radius 3 is 2.76 bits per heavy atom. The van der Waals surface area contributed by atoms with Crippen LogP contribution in [0.4, 0.5) is 0 Å². The van der Waals surface area contributed by atoms with E-state index >= 15 is 0 Å². The lowest BCUT2D eigenvalue weighted by Gasteiger charge is -2.21. The molecule has 2 saturated heterocycles. The van der Waals surface area contributed by atoms with Crippen LogP contribution in [0.1, 0.15) is 32.1 Å². The standard InChI is InChI=1S/C14H29N3/c1-16(11-12-17-9-2-3-10-17)8-4-5-14-6-7-15-13-14/h14-15H,2-13H2,1H3. The Balaban J connectivity index is 1.46. The SMILES string of the molecule is CN(CCCC1CCNC1)CCN1CCCC1. The third-order valence-electron chi connectivity index (χ3n) is 4.31. The van der Waals surface area contributed by atoms with Crippen LogP contribution in [0.2, 0.25) is 0 Å². The van der Waals surface area contributed by atoms with Crippen LogP contribution < -0.4 is 5.32 Å². The molecular weight excluding hydrogens is 210 g/mol. The summed E-state index contributed by atoms with van der Waals surface area (Å²) >= 11 is 0. The Kier molecular flexibility index (Phi) is 5.75. The maximum absolute atomic E-state index is 3.45. The zero-order chi connectivity index (χ0) is 11.9. The summed E-state index contributed by atoms with van der Waals surface area (Å²) in [4.78, 5) is 5.12. The number of nitrogens with zero attached hydrogens (tertiary/aromatic N) is 2. The molecule has 1 unspecified atom stereocenters. The molecule has 2 rings (SSSR count). The van der Waals surface area contributed by atoms with E-state index in [1.807, 2.05) is 0 Å². The molecule has 0 bridgehead atoms. The highest BCUT2D eigenvalue weighted by molar-refractivity contribution is 4.72. The Morgan fingerprint density at radius 2 is 2.06 bits per heavy atom. The van der Waals surface area contributed by atoms with E-state index in [-0.39, 0.29) is 0 Å². The molecule has 0 aliphatic carbocycles. The molecule has 3 heteroatoms. The van der Waals surface area contributed by atoms with Gasteiger partial charge in [0.05, 0.1) is 0 Å². The van der Waals surface area contributed by atoms with Crippen LogP contribution in [-0.2, 0) is 0 Å². The molecule has 0 saturated carbocycles. The molecule has 2 heterocycles. The molecule has 0 spiro atoms. The maximum atomic E-state index is 3.45. The van der Waals surface area contributed by atoms with Gasteiger partial charge in [-0.1, -0.05) is 0 Å². The number of likely N-dealkylation sites (tertiary alicyclic amines) is 1. The van der Waals surface area contributed by atoms with Gasteiger partial charge in [-0.25, -0.2) is 0 Å². The Labute approximate surface area is 107 Å². The van der Waals surface area contributed by atoms with Crippen molar-refractivity contribution in [3.05, 3.63) is 0 Å². The van der Waals surface area contributed by atoms with Crippen molar-refractivity contribution in [3.63, 3.8) is 0 Å². The number of likely N-dealkylation sites (N-methyl/N-ethyl adjacent to an activating group) is 1. The highest BCUT2D eigenvalue weighted by atomic mass is 15.2. The summed E-state index contributed by atoms with van der Waals surface area (Å²) in [5.74, 6) is 0.960. The molecule has 2 aliphatic heterocycles. The highest BCUT2D eigenvalue weighted by Gasteiger charge is 2.14. The topological polar surface area (TPSA) is 18.5 Å². The third kappa shape index (κ3) is 4.94. The number of nitrogens with one attached hydrogen (secondary N) is 1. The molecule has 2 aliphatic rings. The summed E-state index contributed by atoms with van der Waals surface area (Å²) in [5, 5.41) is 3.45. The molecule has 17 heavy (non-hydrogen) atoms. The predicted octanol–water partition coefficient (Wildman–Crippen LogP) is 1.40. The second kappa shape index (κ2) is 7.34. The molecular formula is C14H29N3. The molecule has 3 nitrogen and oxygen atoms in total. The zero-order valence-corrected chi connectivity index (χ0v) is 11.5. The largest absolute Gasteiger partial charge is 0.316 e. The lowest BCUT2D eigenvalue weighted by molar-refractivity contribution is 0.251. The summed E-state index contributed by atoms with van der Waals surface area (Å²) in [7, 11) is 2.28. The molecule has 0 radical (unpaired) electrons. The Hall–Kier alpha value is -0.120. The molecule has 1 N–H and O–H groups in total. The molecule has 100 valence electrons. The molecule has 0 aromatic rings. The average molecular weight is 239 g/mol. The minimum absolute atomic E-state index is 0.960. The first-order chi connectivity index (χ1) is 8.34. The maximum Gasteiger partial charge on any atom is 0.0109 e. The zero-order valence-electron chi connectivity index (χ0n) is 11.5. The van der Waals surface area contributed by atoms with Gasteiger partial charge in [0.1, 0.15) is 0 Å². The fourth-order valence-electron chi connectivity index (χ4n) is 3.04. The van der Waals surface area contributed by atoms with Crippen molar-refractivity contribution in [2.24, 2.45) is 5.92 Å². The summed E-state index contributed by atoms with van der Waals surface area (Å²) < 4.78 is 0. The normalized spacial score (nSPS) is 26.1. The fourth-order valence-corrected chi connectivity index (χ4v) is 3.04. The molecule has 0 aromatic heterocycles. The van der Waals surface area contributed by atoms with Crippen LogP contribution in [0.3, 0.4) is 0 Å². The quantitative estimate of drug-likeness (QED) is 0.724. The van der Waals surface area contributed by atoms with E-state index in [1.54, 1.807) is 0 Å².